The Morgan fingerprint density at radius 3 is 2.16 bits per heavy atom. The molecule has 4 unspecified atom stereocenters. The Kier molecular flexibility index (Phi) is 3.65. The second-order valence-electron chi connectivity index (χ2n) is 6.00. The summed E-state index contributed by atoms with van der Waals surface area (Å²) >= 11 is 0. The first-order chi connectivity index (χ1) is 8.88. The van der Waals surface area contributed by atoms with E-state index in [0.29, 0.717) is 25.2 Å². The molecular weight excluding hydrogens is 246 g/mol. The summed E-state index contributed by atoms with van der Waals surface area (Å²) < 4.78 is 0. The lowest BCUT2D eigenvalue weighted by Gasteiger charge is -2.28. The highest BCUT2D eigenvalue weighted by molar-refractivity contribution is 6.08. The van der Waals surface area contributed by atoms with Crippen molar-refractivity contribution in [1.29, 1.82) is 0 Å². The van der Waals surface area contributed by atoms with Crippen molar-refractivity contribution in [3.05, 3.63) is 0 Å². The molecule has 0 aromatic heterocycles. The predicted octanol–water partition coefficient (Wildman–Crippen LogP) is 1.52. The lowest BCUT2D eigenvalue weighted by Crippen LogP contribution is -2.49. The number of carbonyl (C=O) groups is 3. The molecule has 1 heterocycles. The zero-order valence-corrected chi connectivity index (χ0v) is 11.6. The van der Waals surface area contributed by atoms with E-state index in [1.165, 1.54) is 0 Å². The van der Waals surface area contributed by atoms with E-state index in [1.54, 1.807) is 6.92 Å². The summed E-state index contributed by atoms with van der Waals surface area (Å²) in [6.45, 7) is 5.68. The summed E-state index contributed by atoms with van der Waals surface area (Å²) in [5, 5.41) is 9.34. The molecule has 1 N–H and O–H groups in total. The van der Waals surface area contributed by atoms with Crippen molar-refractivity contribution >= 4 is 17.8 Å². The zero-order chi connectivity index (χ0) is 14.3. The van der Waals surface area contributed by atoms with E-state index in [2.05, 4.69) is 0 Å². The SMILES string of the molecule is CCC(C)C(C(=O)O)N1C(=O)C2CC(C)CC2C1=O. The van der Waals surface area contributed by atoms with Gasteiger partial charge in [0.1, 0.15) is 6.04 Å². The van der Waals surface area contributed by atoms with Crippen LogP contribution in [0.1, 0.15) is 40.0 Å². The van der Waals surface area contributed by atoms with E-state index < -0.39 is 12.0 Å². The van der Waals surface area contributed by atoms with E-state index in [0.717, 1.165) is 4.90 Å². The molecule has 0 bridgehead atoms. The number of hydrogen-bond acceptors (Lipinski definition) is 3. The number of aliphatic carboxylic acids is 1. The van der Waals surface area contributed by atoms with Gasteiger partial charge in [0.15, 0.2) is 0 Å². The molecule has 1 aliphatic carbocycles. The van der Waals surface area contributed by atoms with Crippen LogP contribution in [0.25, 0.3) is 0 Å². The van der Waals surface area contributed by atoms with Gasteiger partial charge in [-0.1, -0.05) is 27.2 Å². The first kappa shape index (κ1) is 14.0. The minimum absolute atomic E-state index is 0.221. The van der Waals surface area contributed by atoms with Crippen molar-refractivity contribution < 1.29 is 19.5 Å². The summed E-state index contributed by atoms with van der Waals surface area (Å²) in [5.41, 5.74) is 0. The van der Waals surface area contributed by atoms with Crippen LogP contribution in [0.5, 0.6) is 0 Å². The maximum absolute atomic E-state index is 12.4. The number of amides is 2. The fraction of sp³-hybridized carbons (Fsp3) is 0.786. The molecule has 5 nitrogen and oxygen atoms in total. The quantitative estimate of drug-likeness (QED) is 0.784. The first-order valence-corrected chi connectivity index (χ1v) is 6.98. The third-order valence-corrected chi connectivity index (χ3v) is 4.62. The molecule has 1 saturated heterocycles. The van der Waals surface area contributed by atoms with Gasteiger partial charge in [0.2, 0.25) is 11.8 Å². The van der Waals surface area contributed by atoms with Crippen LogP contribution in [-0.2, 0) is 14.4 Å². The Labute approximate surface area is 113 Å². The van der Waals surface area contributed by atoms with Crippen LogP contribution >= 0.6 is 0 Å². The zero-order valence-electron chi connectivity index (χ0n) is 11.6. The second kappa shape index (κ2) is 4.94. The molecule has 19 heavy (non-hydrogen) atoms. The number of carboxylic acid groups (broad SMARTS) is 1. The van der Waals surface area contributed by atoms with Crippen LogP contribution in [0.2, 0.25) is 0 Å². The molecule has 1 saturated carbocycles. The van der Waals surface area contributed by atoms with Crippen LogP contribution in [-0.4, -0.2) is 33.8 Å². The molecule has 2 amide bonds. The Balaban J connectivity index is 2.28. The Morgan fingerprint density at radius 1 is 1.32 bits per heavy atom. The van der Waals surface area contributed by atoms with Crippen molar-refractivity contribution in [1.82, 2.24) is 4.90 Å². The molecule has 0 aromatic carbocycles. The molecule has 0 spiro atoms. The number of carbonyl (C=O) groups excluding carboxylic acids is 2. The standard InChI is InChI=1S/C14H21NO4/c1-4-8(3)11(14(18)19)15-12(16)9-5-7(2)6-10(9)13(15)17/h7-11H,4-6H2,1-3H3,(H,18,19). The van der Waals surface area contributed by atoms with Gasteiger partial charge in [0.05, 0.1) is 11.8 Å². The van der Waals surface area contributed by atoms with Crippen LogP contribution in [0, 0.1) is 23.7 Å². The maximum Gasteiger partial charge on any atom is 0.327 e. The van der Waals surface area contributed by atoms with Gasteiger partial charge < -0.3 is 5.11 Å². The molecule has 106 valence electrons. The summed E-state index contributed by atoms with van der Waals surface area (Å²) in [5.74, 6) is -2.04. The van der Waals surface area contributed by atoms with Gasteiger partial charge in [-0.3, -0.25) is 14.5 Å². The van der Waals surface area contributed by atoms with Crippen LogP contribution < -0.4 is 0 Å². The molecule has 0 radical (unpaired) electrons. The van der Waals surface area contributed by atoms with Crippen LogP contribution in [0.15, 0.2) is 0 Å². The number of likely N-dealkylation sites (tertiary alicyclic amines) is 1. The van der Waals surface area contributed by atoms with E-state index >= 15 is 0 Å². The Morgan fingerprint density at radius 2 is 1.79 bits per heavy atom. The highest BCUT2D eigenvalue weighted by Gasteiger charge is 2.55. The Hall–Kier alpha value is -1.39. The van der Waals surface area contributed by atoms with Gasteiger partial charge in [0.25, 0.3) is 0 Å². The van der Waals surface area contributed by atoms with Crippen LogP contribution in [0.3, 0.4) is 0 Å². The third-order valence-electron chi connectivity index (χ3n) is 4.62. The monoisotopic (exact) mass is 267 g/mol. The van der Waals surface area contributed by atoms with Crippen molar-refractivity contribution in [3.8, 4) is 0 Å². The van der Waals surface area contributed by atoms with Gasteiger partial charge in [-0.05, 0) is 24.7 Å². The number of imide groups is 1. The highest BCUT2D eigenvalue weighted by Crippen LogP contribution is 2.44. The van der Waals surface area contributed by atoms with E-state index in [4.69, 9.17) is 0 Å². The largest absolute Gasteiger partial charge is 0.480 e. The fourth-order valence-electron chi connectivity index (χ4n) is 3.41. The number of hydrogen-bond donors (Lipinski definition) is 1. The topological polar surface area (TPSA) is 74.7 Å². The fourth-order valence-corrected chi connectivity index (χ4v) is 3.41. The van der Waals surface area contributed by atoms with Gasteiger partial charge >= 0.3 is 5.97 Å². The number of nitrogens with zero attached hydrogens (tertiary/aromatic N) is 1. The smallest absolute Gasteiger partial charge is 0.327 e. The average Bonchev–Trinajstić information content (AvgIpc) is 2.82. The van der Waals surface area contributed by atoms with Crippen molar-refractivity contribution in [2.24, 2.45) is 23.7 Å². The summed E-state index contributed by atoms with van der Waals surface area (Å²) in [6.07, 6.45) is 2.04. The molecule has 0 aromatic rings. The Bertz CT molecular complexity index is 396. The van der Waals surface area contributed by atoms with Crippen molar-refractivity contribution in [2.45, 2.75) is 46.1 Å². The van der Waals surface area contributed by atoms with Gasteiger partial charge in [-0.2, -0.15) is 0 Å². The normalized spacial score (nSPS) is 33.4. The minimum Gasteiger partial charge on any atom is -0.480 e. The van der Waals surface area contributed by atoms with Crippen molar-refractivity contribution in [2.75, 3.05) is 0 Å². The maximum atomic E-state index is 12.4. The van der Waals surface area contributed by atoms with Gasteiger partial charge in [-0.25, -0.2) is 4.79 Å². The van der Waals surface area contributed by atoms with Crippen LogP contribution in [0.4, 0.5) is 0 Å². The lowest BCUT2D eigenvalue weighted by molar-refractivity contribution is -0.157. The predicted molar refractivity (Wildman–Crippen MR) is 68.1 cm³/mol. The molecule has 1 aliphatic heterocycles. The second-order valence-corrected chi connectivity index (χ2v) is 6.00. The van der Waals surface area contributed by atoms with E-state index in [9.17, 15) is 19.5 Å². The van der Waals surface area contributed by atoms with Gasteiger partial charge in [0, 0.05) is 0 Å². The molecule has 2 aliphatic rings. The van der Waals surface area contributed by atoms with Gasteiger partial charge in [-0.15, -0.1) is 0 Å². The molecule has 2 fully saturated rings. The van der Waals surface area contributed by atoms with Crippen molar-refractivity contribution in [3.63, 3.8) is 0 Å². The average molecular weight is 267 g/mol. The minimum atomic E-state index is -1.08. The molecule has 5 heteroatoms. The number of rotatable bonds is 4. The molecule has 4 atom stereocenters. The number of fused-ring (bicyclic) bond motifs is 1. The summed E-state index contributed by atoms with van der Waals surface area (Å²) in [7, 11) is 0. The molecular formula is C14H21NO4. The third kappa shape index (κ3) is 2.15. The van der Waals surface area contributed by atoms with E-state index in [-0.39, 0.29) is 29.6 Å². The lowest BCUT2D eigenvalue weighted by atomic mass is 9.97. The first-order valence-electron chi connectivity index (χ1n) is 6.98. The summed E-state index contributed by atoms with van der Waals surface area (Å²) in [4.78, 5) is 37.2. The highest BCUT2D eigenvalue weighted by atomic mass is 16.4. The summed E-state index contributed by atoms with van der Waals surface area (Å²) in [6, 6.07) is -1.01. The number of carboxylic acids is 1. The molecule has 2 rings (SSSR count). The van der Waals surface area contributed by atoms with E-state index in [1.807, 2.05) is 13.8 Å².